The van der Waals surface area contributed by atoms with E-state index in [1.165, 1.54) is 0 Å². The monoisotopic (exact) mass is 331 g/mol. The van der Waals surface area contributed by atoms with Gasteiger partial charge in [0.05, 0.1) is 11.1 Å². The Morgan fingerprint density at radius 2 is 1.84 bits per heavy atom. The maximum Gasteiger partial charge on any atom is 0.443 e. The number of benzene rings is 2. The molecule has 6 heteroatoms. The van der Waals surface area contributed by atoms with Gasteiger partial charge in [-0.15, -0.1) is 4.68 Å². The van der Waals surface area contributed by atoms with E-state index in [1.54, 1.807) is 43.6 Å². The number of hydrogen-bond donors (Lipinski definition) is 0. The van der Waals surface area contributed by atoms with Gasteiger partial charge in [-0.1, -0.05) is 30.3 Å². The third kappa shape index (κ3) is 2.63. The minimum Gasteiger partial charge on any atom is -0.408 e. The van der Waals surface area contributed by atoms with Gasteiger partial charge in [-0.2, -0.15) is 5.10 Å². The van der Waals surface area contributed by atoms with Gasteiger partial charge >= 0.3 is 5.76 Å². The molecule has 25 heavy (non-hydrogen) atoms. The Bertz CT molecular complexity index is 1240. The van der Waals surface area contributed by atoms with Crippen LogP contribution in [-0.4, -0.2) is 15.4 Å². The van der Waals surface area contributed by atoms with E-state index >= 15 is 0 Å². The zero-order valence-corrected chi connectivity index (χ0v) is 13.3. The van der Waals surface area contributed by atoms with Crippen LogP contribution in [0, 0.1) is 0 Å². The summed E-state index contributed by atoms with van der Waals surface area (Å²) in [6.45, 7) is 1.70. The first-order valence-corrected chi connectivity index (χ1v) is 7.68. The molecule has 0 aliphatic carbocycles. The van der Waals surface area contributed by atoms with Gasteiger partial charge in [0, 0.05) is 18.0 Å². The summed E-state index contributed by atoms with van der Waals surface area (Å²) in [5.74, 6) is -0.823. The molecule has 0 bridgehead atoms. The second-order valence-corrected chi connectivity index (χ2v) is 5.61. The molecule has 0 spiro atoms. The minimum atomic E-state index is -0.823. The normalized spacial score (nSPS) is 12.0. The third-order valence-corrected chi connectivity index (χ3v) is 3.97. The van der Waals surface area contributed by atoms with Gasteiger partial charge in [0.1, 0.15) is 5.58 Å². The molecular weight excluding hydrogens is 318 g/mol. The molecule has 0 aliphatic heterocycles. The van der Waals surface area contributed by atoms with Crippen molar-refractivity contribution in [1.29, 1.82) is 0 Å². The molecule has 2 aromatic heterocycles. The van der Waals surface area contributed by atoms with E-state index in [9.17, 15) is 9.59 Å². The minimum absolute atomic E-state index is 0.249. The van der Waals surface area contributed by atoms with Crippen LogP contribution in [0.15, 0.2) is 80.0 Å². The van der Waals surface area contributed by atoms with Crippen molar-refractivity contribution in [1.82, 2.24) is 9.66 Å². The summed E-state index contributed by atoms with van der Waals surface area (Å²) < 4.78 is 6.05. The summed E-state index contributed by atoms with van der Waals surface area (Å²) in [7, 11) is 0. The van der Waals surface area contributed by atoms with E-state index < -0.39 is 11.3 Å². The van der Waals surface area contributed by atoms with Gasteiger partial charge in [0.2, 0.25) is 0 Å². The Morgan fingerprint density at radius 3 is 2.56 bits per heavy atom. The molecule has 4 aromatic rings. The average Bonchev–Trinajstić information content (AvgIpc) is 2.64. The van der Waals surface area contributed by atoms with Crippen LogP contribution in [0.5, 0.6) is 0 Å². The van der Waals surface area contributed by atoms with Crippen molar-refractivity contribution < 1.29 is 4.42 Å². The number of nitrogens with zero attached hydrogens (tertiary/aromatic N) is 3. The lowest BCUT2D eigenvalue weighted by molar-refractivity contribution is 0.480. The standard InChI is InChI=1S/C19H13N3O3/c1-12(15-7-4-8-20-11-15)21-22-18(23)16-9-13-5-2-3-6-14(13)10-17(16)25-19(22)24/h2-11H,1H3/b21-12+. The lowest BCUT2D eigenvalue weighted by Gasteiger charge is -2.04. The van der Waals surface area contributed by atoms with Crippen LogP contribution in [0.25, 0.3) is 21.7 Å². The largest absolute Gasteiger partial charge is 0.443 e. The average molecular weight is 331 g/mol. The fourth-order valence-electron chi connectivity index (χ4n) is 2.68. The molecule has 0 atom stereocenters. The maximum atomic E-state index is 12.7. The lowest BCUT2D eigenvalue weighted by Crippen LogP contribution is -2.30. The highest BCUT2D eigenvalue weighted by atomic mass is 16.4. The van der Waals surface area contributed by atoms with Crippen molar-refractivity contribution in [2.24, 2.45) is 5.10 Å². The van der Waals surface area contributed by atoms with Gasteiger partial charge in [-0.3, -0.25) is 9.78 Å². The number of fused-ring (bicyclic) bond motifs is 2. The van der Waals surface area contributed by atoms with E-state index in [1.807, 2.05) is 24.3 Å². The highest BCUT2D eigenvalue weighted by molar-refractivity contribution is 5.98. The third-order valence-electron chi connectivity index (χ3n) is 3.97. The first-order chi connectivity index (χ1) is 12.1. The van der Waals surface area contributed by atoms with E-state index in [0.717, 1.165) is 15.4 Å². The first kappa shape index (κ1) is 15.0. The van der Waals surface area contributed by atoms with E-state index in [-0.39, 0.29) is 5.58 Å². The Morgan fingerprint density at radius 1 is 1.08 bits per heavy atom. The lowest BCUT2D eigenvalue weighted by atomic mass is 10.1. The van der Waals surface area contributed by atoms with Crippen molar-refractivity contribution in [3.8, 4) is 0 Å². The molecule has 0 amide bonds. The second kappa shape index (κ2) is 5.83. The van der Waals surface area contributed by atoms with Crippen molar-refractivity contribution in [3.63, 3.8) is 0 Å². The fourth-order valence-corrected chi connectivity index (χ4v) is 2.68. The van der Waals surface area contributed by atoms with Crippen LogP contribution in [0.1, 0.15) is 12.5 Å². The zero-order chi connectivity index (χ0) is 17.4. The van der Waals surface area contributed by atoms with Gasteiger partial charge in [0.15, 0.2) is 0 Å². The van der Waals surface area contributed by atoms with Gasteiger partial charge < -0.3 is 4.42 Å². The molecular formula is C19H13N3O3. The summed E-state index contributed by atoms with van der Waals surface area (Å²) in [5.41, 5.74) is 0.939. The molecule has 2 heterocycles. The van der Waals surface area contributed by atoms with Gasteiger partial charge in [0.25, 0.3) is 5.56 Å². The van der Waals surface area contributed by atoms with Crippen LogP contribution in [-0.2, 0) is 0 Å². The van der Waals surface area contributed by atoms with Crippen LogP contribution < -0.4 is 11.3 Å². The number of rotatable bonds is 2. The molecule has 122 valence electrons. The highest BCUT2D eigenvalue weighted by Crippen LogP contribution is 2.19. The van der Waals surface area contributed by atoms with Gasteiger partial charge in [-0.05, 0) is 35.9 Å². The summed E-state index contributed by atoms with van der Waals surface area (Å²) in [6, 6.07) is 14.5. The summed E-state index contributed by atoms with van der Waals surface area (Å²) in [5, 5.41) is 6.22. The molecule has 0 saturated heterocycles. The van der Waals surface area contributed by atoms with E-state index in [2.05, 4.69) is 10.1 Å². The summed E-state index contributed by atoms with van der Waals surface area (Å²) in [6.07, 6.45) is 3.25. The van der Waals surface area contributed by atoms with Crippen LogP contribution in [0.3, 0.4) is 0 Å². The molecule has 0 unspecified atom stereocenters. The number of aromatic nitrogens is 2. The van der Waals surface area contributed by atoms with Crippen molar-refractivity contribution in [3.05, 3.63) is 87.4 Å². The quantitative estimate of drug-likeness (QED) is 0.418. The molecule has 0 radical (unpaired) electrons. The molecule has 2 aromatic carbocycles. The van der Waals surface area contributed by atoms with Crippen LogP contribution in [0.2, 0.25) is 0 Å². The topological polar surface area (TPSA) is 77.5 Å². The first-order valence-electron chi connectivity index (χ1n) is 7.68. The molecule has 6 nitrogen and oxygen atoms in total. The smallest absolute Gasteiger partial charge is 0.408 e. The molecule has 0 N–H and O–H groups in total. The number of hydrogen-bond acceptors (Lipinski definition) is 5. The Balaban J connectivity index is 1.97. The number of pyridine rings is 1. The highest BCUT2D eigenvalue weighted by Gasteiger charge is 2.11. The van der Waals surface area contributed by atoms with Crippen molar-refractivity contribution in [2.75, 3.05) is 0 Å². The van der Waals surface area contributed by atoms with Crippen LogP contribution in [0.4, 0.5) is 0 Å². The predicted molar refractivity (Wildman–Crippen MR) is 96.1 cm³/mol. The van der Waals surface area contributed by atoms with E-state index in [0.29, 0.717) is 16.7 Å². The van der Waals surface area contributed by atoms with Crippen molar-refractivity contribution >= 4 is 27.5 Å². The maximum absolute atomic E-state index is 12.7. The predicted octanol–water partition coefficient (Wildman–Crippen LogP) is 2.78. The Labute approximate surface area is 141 Å². The zero-order valence-electron chi connectivity index (χ0n) is 13.3. The SMILES string of the molecule is C/C(=N\n1c(=O)oc2cc3ccccc3cc2c1=O)c1cccnc1. The fraction of sp³-hybridized carbons (Fsp3) is 0.0526. The Hall–Kier alpha value is -3.54. The molecule has 4 rings (SSSR count). The molecule has 0 aliphatic rings. The summed E-state index contributed by atoms with van der Waals surface area (Å²) >= 11 is 0. The summed E-state index contributed by atoms with van der Waals surface area (Å²) in [4.78, 5) is 29.0. The molecule has 0 saturated carbocycles. The second-order valence-electron chi connectivity index (χ2n) is 5.61. The Kier molecular flexibility index (Phi) is 3.50. The van der Waals surface area contributed by atoms with E-state index in [4.69, 9.17) is 4.42 Å². The molecule has 0 fully saturated rings. The van der Waals surface area contributed by atoms with Gasteiger partial charge in [-0.25, -0.2) is 4.79 Å². The van der Waals surface area contributed by atoms with Crippen LogP contribution >= 0.6 is 0 Å². The van der Waals surface area contributed by atoms with Crippen molar-refractivity contribution in [2.45, 2.75) is 6.92 Å².